The average molecular weight is 450 g/mol. The molecule has 0 spiro atoms. The number of anilines is 1. The molecule has 0 unspecified atom stereocenters. The Kier molecular flexibility index (Phi) is 6.73. The molecule has 0 amide bonds. The van der Waals surface area contributed by atoms with Crippen molar-refractivity contribution in [1.82, 2.24) is 19.7 Å². The van der Waals surface area contributed by atoms with Crippen LogP contribution in [0, 0.1) is 6.92 Å². The molecule has 0 N–H and O–H groups in total. The van der Waals surface area contributed by atoms with Crippen LogP contribution in [-0.2, 0) is 12.8 Å². The van der Waals surface area contributed by atoms with E-state index in [1.165, 1.54) is 16.8 Å². The number of benzene rings is 2. The van der Waals surface area contributed by atoms with Gasteiger partial charge in [-0.1, -0.05) is 36.0 Å². The Hall–Kier alpha value is -2.64. The third-order valence-electron chi connectivity index (χ3n) is 5.37. The van der Waals surface area contributed by atoms with Crippen LogP contribution in [0.3, 0.4) is 0 Å². The first-order valence-corrected chi connectivity index (χ1v) is 12.3. The molecule has 0 aliphatic rings. The minimum Gasteiger partial charge on any atom is -0.372 e. The van der Waals surface area contributed by atoms with Crippen molar-refractivity contribution in [2.24, 2.45) is 7.05 Å². The van der Waals surface area contributed by atoms with Crippen molar-refractivity contribution in [1.29, 1.82) is 0 Å². The summed E-state index contributed by atoms with van der Waals surface area (Å²) in [6.07, 6.45) is 0. The first-order chi connectivity index (χ1) is 15.1. The number of rotatable bonds is 8. The topological polar surface area (TPSA) is 46.8 Å². The summed E-state index contributed by atoms with van der Waals surface area (Å²) in [4.78, 5) is 7.16. The van der Waals surface area contributed by atoms with Gasteiger partial charge in [-0.05, 0) is 50.6 Å². The maximum atomic E-state index is 4.83. The molecule has 160 valence electrons. The van der Waals surface area contributed by atoms with Gasteiger partial charge in [-0.3, -0.25) is 0 Å². The van der Waals surface area contributed by atoms with E-state index >= 15 is 0 Å². The maximum Gasteiger partial charge on any atom is 0.191 e. The smallest absolute Gasteiger partial charge is 0.191 e. The van der Waals surface area contributed by atoms with Crippen LogP contribution in [-0.4, -0.2) is 32.8 Å². The zero-order valence-corrected chi connectivity index (χ0v) is 20.0. The maximum absolute atomic E-state index is 4.83. The highest BCUT2D eigenvalue weighted by Crippen LogP contribution is 2.30. The fourth-order valence-corrected chi connectivity index (χ4v) is 5.37. The number of hydrogen-bond donors (Lipinski definition) is 0. The number of aryl methyl sites for hydroxylation is 1. The zero-order chi connectivity index (χ0) is 21.8. The molecule has 2 heterocycles. The molecule has 31 heavy (non-hydrogen) atoms. The minimum absolute atomic E-state index is 0.773. The number of nitrogens with zero attached hydrogens (tertiary/aromatic N) is 5. The van der Waals surface area contributed by atoms with E-state index in [1.54, 1.807) is 23.1 Å². The lowest BCUT2D eigenvalue weighted by Gasteiger charge is -2.21. The van der Waals surface area contributed by atoms with E-state index in [9.17, 15) is 0 Å². The van der Waals surface area contributed by atoms with Gasteiger partial charge in [0.1, 0.15) is 5.01 Å². The minimum atomic E-state index is 0.773. The summed E-state index contributed by atoms with van der Waals surface area (Å²) in [5, 5.41) is 13.0. The first kappa shape index (κ1) is 21.6. The van der Waals surface area contributed by atoms with Crippen molar-refractivity contribution in [3.05, 3.63) is 65.2 Å². The predicted octanol–water partition coefficient (Wildman–Crippen LogP) is 6.05. The van der Waals surface area contributed by atoms with Crippen molar-refractivity contribution in [2.45, 2.75) is 31.7 Å². The molecule has 2 aromatic heterocycles. The molecule has 7 heteroatoms. The molecule has 0 fully saturated rings. The molecule has 4 aromatic rings. The van der Waals surface area contributed by atoms with Crippen LogP contribution in [0.4, 0.5) is 5.69 Å². The van der Waals surface area contributed by atoms with Crippen LogP contribution in [0.15, 0.2) is 59.1 Å². The summed E-state index contributed by atoms with van der Waals surface area (Å²) in [7, 11) is 2.02. The molecule has 0 saturated carbocycles. The zero-order valence-electron chi connectivity index (χ0n) is 18.4. The van der Waals surface area contributed by atoms with Crippen molar-refractivity contribution in [3.63, 3.8) is 0 Å². The van der Waals surface area contributed by atoms with Gasteiger partial charge in [-0.2, -0.15) is 0 Å². The third-order valence-corrected chi connectivity index (χ3v) is 7.34. The fourth-order valence-electron chi connectivity index (χ4n) is 3.55. The highest BCUT2D eigenvalue weighted by Gasteiger charge is 2.13. The van der Waals surface area contributed by atoms with E-state index in [-0.39, 0.29) is 0 Å². The molecule has 0 aliphatic carbocycles. The van der Waals surface area contributed by atoms with E-state index < -0.39 is 0 Å². The summed E-state index contributed by atoms with van der Waals surface area (Å²) < 4.78 is 2.06. The van der Waals surface area contributed by atoms with E-state index in [0.29, 0.717) is 0 Å². The Bertz CT molecular complexity index is 1140. The van der Waals surface area contributed by atoms with Crippen LogP contribution in [0.25, 0.3) is 22.0 Å². The van der Waals surface area contributed by atoms with Crippen LogP contribution in [0.1, 0.15) is 25.1 Å². The lowest BCUT2D eigenvalue weighted by Crippen LogP contribution is -2.21. The number of thiazole rings is 1. The van der Waals surface area contributed by atoms with Gasteiger partial charge in [0.25, 0.3) is 0 Å². The standard InChI is InChI=1S/C24H27N5S2/c1-5-29(6-2)20-13-11-18(12-14-20)22-26-27-24(28(22)4)31-16-19-15-30-23(25-19)21-10-8-7-9-17(21)3/h7-15H,5-6,16H2,1-4H3. The van der Waals surface area contributed by atoms with E-state index in [1.807, 2.05) is 7.05 Å². The average Bonchev–Trinajstić information content (AvgIpc) is 3.41. The van der Waals surface area contributed by atoms with E-state index in [4.69, 9.17) is 4.98 Å². The molecule has 0 aliphatic heterocycles. The summed E-state index contributed by atoms with van der Waals surface area (Å²) in [5.41, 5.74) is 5.84. The van der Waals surface area contributed by atoms with Crippen LogP contribution >= 0.6 is 23.1 Å². The second-order valence-electron chi connectivity index (χ2n) is 7.33. The summed E-state index contributed by atoms with van der Waals surface area (Å²) in [6, 6.07) is 17.0. The third kappa shape index (κ3) is 4.67. The van der Waals surface area contributed by atoms with Gasteiger partial charge in [-0.15, -0.1) is 21.5 Å². The van der Waals surface area contributed by atoms with Gasteiger partial charge in [0.2, 0.25) is 0 Å². The summed E-state index contributed by atoms with van der Waals surface area (Å²) >= 11 is 3.36. The van der Waals surface area contributed by atoms with Crippen LogP contribution in [0.2, 0.25) is 0 Å². The Labute approximate surface area is 192 Å². The SMILES string of the molecule is CCN(CC)c1ccc(-c2nnc(SCc3csc(-c4ccccc4C)n3)n2C)cc1. The molecule has 0 atom stereocenters. The number of aromatic nitrogens is 4. The molecular weight excluding hydrogens is 422 g/mol. The summed E-state index contributed by atoms with van der Waals surface area (Å²) in [6.45, 7) is 8.48. The van der Waals surface area contributed by atoms with Crippen molar-refractivity contribution < 1.29 is 0 Å². The second kappa shape index (κ2) is 9.66. The van der Waals surface area contributed by atoms with Gasteiger partial charge in [0, 0.05) is 48.1 Å². The van der Waals surface area contributed by atoms with Gasteiger partial charge in [0.05, 0.1) is 5.69 Å². The van der Waals surface area contributed by atoms with Gasteiger partial charge < -0.3 is 9.47 Å². The monoisotopic (exact) mass is 449 g/mol. The predicted molar refractivity (Wildman–Crippen MR) is 132 cm³/mol. The van der Waals surface area contributed by atoms with Gasteiger partial charge >= 0.3 is 0 Å². The fraction of sp³-hybridized carbons (Fsp3) is 0.292. The quantitative estimate of drug-likeness (QED) is 0.306. The van der Waals surface area contributed by atoms with Gasteiger partial charge in [0.15, 0.2) is 11.0 Å². The molecule has 0 saturated heterocycles. The van der Waals surface area contributed by atoms with Crippen molar-refractivity contribution >= 4 is 28.8 Å². The van der Waals surface area contributed by atoms with E-state index in [2.05, 4.69) is 94.3 Å². The molecule has 0 radical (unpaired) electrons. The van der Waals surface area contributed by atoms with Crippen LogP contribution < -0.4 is 4.90 Å². The van der Waals surface area contributed by atoms with Crippen LogP contribution in [0.5, 0.6) is 0 Å². The highest BCUT2D eigenvalue weighted by atomic mass is 32.2. The molecule has 0 bridgehead atoms. The van der Waals surface area contributed by atoms with Gasteiger partial charge in [-0.25, -0.2) is 4.98 Å². The normalized spacial score (nSPS) is 11.1. The van der Waals surface area contributed by atoms with Crippen molar-refractivity contribution in [3.8, 4) is 22.0 Å². The Balaban J connectivity index is 1.45. The highest BCUT2D eigenvalue weighted by molar-refractivity contribution is 7.98. The Morgan fingerprint density at radius 1 is 1.00 bits per heavy atom. The second-order valence-corrected chi connectivity index (χ2v) is 9.13. The van der Waals surface area contributed by atoms with Crippen molar-refractivity contribution in [2.75, 3.05) is 18.0 Å². The molecule has 4 rings (SSSR count). The largest absolute Gasteiger partial charge is 0.372 e. The number of thioether (sulfide) groups is 1. The Morgan fingerprint density at radius 3 is 2.45 bits per heavy atom. The Morgan fingerprint density at radius 2 is 1.74 bits per heavy atom. The lowest BCUT2D eigenvalue weighted by molar-refractivity contribution is 0.793. The molecule has 2 aromatic carbocycles. The first-order valence-electron chi connectivity index (χ1n) is 10.5. The lowest BCUT2D eigenvalue weighted by atomic mass is 10.1. The number of hydrogen-bond acceptors (Lipinski definition) is 6. The summed E-state index contributed by atoms with van der Waals surface area (Å²) in [5.74, 6) is 1.65. The molecule has 5 nitrogen and oxygen atoms in total. The molecular formula is C24H27N5S2. The van der Waals surface area contributed by atoms with E-state index in [0.717, 1.165) is 46.1 Å².